The number of nitrogens with zero attached hydrogens (tertiary/aromatic N) is 2. The Hall–Kier alpha value is -3.27. The minimum atomic E-state index is -3.60. The molecule has 0 unspecified atom stereocenters. The first-order valence-corrected chi connectivity index (χ1v) is 14.5. The second-order valence-electron chi connectivity index (χ2n) is 9.39. The molecule has 1 aliphatic rings. The van der Waals surface area contributed by atoms with Crippen LogP contribution in [0.3, 0.4) is 0 Å². The van der Waals surface area contributed by atoms with Crippen molar-refractivity contribution in [3.8, 4) is 11.5 Å². The molecule has 0 aliphatic carbocycles. The van der Waals surface area contributed by atoms with Gasteiger partial charge in [-0.15, -0.1) is 0 Å². The standard InChI is InChI=1S/C27H37N3O6S/c1-5-23(27(32)28-20(2)3)29(17-15-21-10-7-6-8-11-21)26(31)12-9-16-30(37(4,33)34)22-13-14-24-25(18-22)36-19-35-24/h6-8,10-11,13-14,18,20,23H,5,9,12,15-17,19H2,1-4H3,(H,28,32)/t23-/m1/s1. The van der Waals surface area contributed by atoms with E-state index in [0.717, 1.165) is 11.8 Å². The number of hydrogen-bond acceptors (Lipinski definition) is 6. The molecule has 0 radical (unpaired) electrons. The maximum Gasteiger partial charge on any atom is 0.242 e. The quantitative estimate of drug-likeness (QED) is 0.425. The van der Waals surface area contributed by atoms with Crippen LogP contribution in [0.1, 0.15) is 45.6 Å². The highest BCUT2D eigenvalue weighted by Crippen LogP contribution is 2.36. The summed E-state index contributed by atoms with van der Waals surface area (Å²) in [6.45, 7) is 6.26. The molecule has 1 atom stereocenters. The number of rotatable bonds is 13. The van der Waals surface area contributed by atoms with Gasteiger partial charge in [-0.25, -0.2) is 8.42 Å². The van der Waals surface area contributed by atoms with E-state index >= 15 is 0 Å². The molecule has 0 aromatic heterocycles. The highest BCUT2D eigenvalue weighted by molar-refractivity contribution is 7.92. The van der Waals surface area contributed by atoms with E-state index in [1.807, 2.05) is 51.1 Å². The van der Waals surface area contributed by atoms with Crippen molar-refractivity contribution >= 4 is 27.5 Å². The molecule has 0 fully saturated rings. The first-order valence-electron chi connectivity index (χ1n) is 12.6. The van der Waals surface area contributed by atoms with Gasteiger partial charge in [-0.3, -0.25) is 13.9 Å². The summed E-state index contributed by atoms with van der Waals surface area (Å²) in [4.78, 5) is 28.0. The van der Waals surface area contributed by atoms with Crippen LogP contribution in [0.4, 0.5) is 5.69 Å². The van der Waals surface area contributed by atoms with E-state index in [2.05, 4.69) is 5.32 Å². The largest absolute Gasteiger partial charge is 0.454 e. The Kier molecular flexibility index (Phi) is 9.79. The fourth-order valence-corrected chi connectivity index (χ4v) is 5.28. The van der Waals surface area contributed by atoms with Crippen LogP contribution in [0.2, 0.25) is 0 Å². The smallest absolute Gasteiger partial charge is 0.242 e. The van der Waals surface area contributed by atoms with Crippen LogP contribution in [-0.4, -0.2) is 63.4 Å². The van der Waals surface area contributed by atoms with E-state index in [1.54, 1.807) is 23.1 Å². The molecule has 9 nitrogen and oxygen atoms in total. The van der Waals surface area contributed by atoms with Crippen LogP contribution in [-0.2, 0) is 26.0 Å². The van der Waals surface area contributed by atoms with Crippen molar-refractivity contribution in [1.29, 1.82) is 0 Å². The molecule has 2 aromatic carbocycles. The Bertz CT molecular complexity index is 1170. The van der Waals surface area contributed by atoms with Crippen LogP contribution in [0.15, 0.2) is 48.5 Å². The number of anilines is 1. The molecule has 37 heavy (non-hydrogen) atoms. The fourth-order valence-electron chi connectivity index (χ4n) is 4.32. The Labute approximate surface area is 219 Å². The van der Waals surface area contributed by atoms with E-state index in [-0.39, 0.29) is 37.6 Å². The summed E-state index contributed by atoms with van der Waals surface area (Å²) >= 11 is 0. The predicted octanol–water partition coefficient (Wildman–Crippen LogP) is 3.34. The zero-order valence-corrected chi connectivity index (χ0v) is 22.8. The number of ether oxygens (including phenoxy) is 2. The molecule has 0 bridgehead atoms. The third-order valence-electron chi connectivity index (χ3n) is 6.10. The van der Waals surface area contributed by atoms with Gasteiger partial charge in [0.05, 0.1) is 11.9 Å². The molecule has 2 aromatic rings. The second-order valence-corrected chi connectivity index (χ2v) is 11.3. The lowest BCUT2D eigenvalue weighted by Crippen LogP contribution is -2.51. The predicted molar refractivity (Wildman–Crippen MR) is 143 cm³/mol. The summed E-state index contributed by atoms with van der Waals surface area (Å²) in [5.41, 5.74) is 1.52. The Morgan fingerprint density at radius 2 is 1.73 bits per heavy atom. The van der Waals surface area contributed by atoms with Gasteiger partial charge in [0.2, 0.25) is 28.6 Å². The summed E-state index contributed by atoms with van der Waals surface area (Å²) in [6.07, 6.45) is 2.63. The third kappa shape index (κ3) is 7.85. The average Bonchev–Trinajstić information content (AvgIpc) is 3.31. The van der Waals surface area contributed by atoms with Crippen molar-refractivity contribution in [3.05, 3.63) is 54.1 Å². The number of sulfonamides is 1. The second kappa shape index (κ2) is 12.8. The molecule has 202 valence electrons. The number of benzene rings is 2. The van der Waals surface area contributed by atoms with E-state index < -0.39 is 16.1 Å². The molecule has 3 rings (SSSR count). The van der Waals surface area contributed by atoms with Gasteiger partial charge in [-0.1, -0.05) is 37.3 Å². The number of nitrogens with one attached hydrogen (secondary N) is 1. The minimum Gasteiger partial charge on any atom is -0.454 e. The molecule has 0 spiro atoms. The van der Waals surface area contributed by atoms with Gasteiger partial charge in [0.15, 0.2) is 11.5 Å². The van der Waals surface area contributed by atoms with E-state index in [0.29, 0.717) is 43.0 Å². The van der Waals surface area contributed by atoms with Crippen LogP contribution in [0.5, 0.6) is 11.5 Å². The van der Waals surface area contributed by atoms with Gasteiger partial charge < -0.3 is 19.7 Å². The van der Waals surface area contributed by atoms with Crippen molar-refractivity contribution in [3.63, 3.8) is 0 Å². The maximum atomic E-state index is 13.4. The first kappa shape index (κ1) is 28.3. The van der Waals surface area contributed by atoms with Crippen LogP contribution >= 0.6 is 0 Å². The first-order chi connectivity index (χ1) is 17.6. The number of amides is 2. The Morgan fingerprint density at radius 1 is 1.03 bits per heavy atom. The SMILES string of the molecule is CC[C@H](C(=O)NC(C)C)N(CCc1ccccc1)C(=O)CCCN(c1ccc2c(c1)OCO2)S(C)(=O)=O. The zero-order valence-electron chi connectivity index (χ0n) is 22.0. The van der Waals surface area contributed by atoms with Crippen LogP contribution in [0.25, 0.3) is 0 Å². The van der Waals surface area contributed by atoms with Crippen molar-refractivity contribution in [2.75, 3.05) is 30.4 Å². The normalized spacial score (nSPS) is 13.3. The van der Waals surface area contributed by atoms with Crippen LogP contribution in [0, 0.1) is 0 Å². The molecular formula is C27H37N3O6S. The maximum absolute atomic E-state index is 13.4. The summed E-state index contributed by atoms with van der Waals surface area (Å²) in [7, 11) is -3.60. The van der Waals surface area contributed by atoms with Gasteiger partial charge in [-0.2, -0.15) is 0 Å². The van der Waals surface area contributed by atoms with Gasteiger partial charge in [0, 0.05) is 31.6 Å². The van der Waals surface area contributed by atoms with Crippen molar-refractivity contribution in [2.24, 2.45) is 0 Å². The molecule has 10 heteroatoms. The lowest BCUT2D eigenvalue weighted by molar-refractivity contribution is -0.141. The van der Waals surface area contributed by atoms with E-state index in [4.69, 9.17) is 9.47 Å². The lowest BCUT2D eigenvalue weighted by Gasteiger charge is -2.31. The third-order valence-corrected chi connectivity index (χ3v) is 7.29. The summed E-state index contributed by atoms with van der Waals surface area (Å²) in [6, 6.07) is 14.1. The molecule has 2 amide bonds. The number of carbonyl (C=O) groups is 2. The van der Waals surface area contributed by atoms with Crippen molar-refractivity contribution in [1.82, 2.24) is 10.2 Å². The zero-order chi connectivity index (χ0) is 27.0. The van der Waals surface area contributed by atoms with E-state index in [1.165, 1.54) is 4.31 Å². The van der Waals surface area contributed by atoms with E-state index in [9.17, 15) is 18.0 Å². The minimum absolute atomic E-state index is 0.0438. The van der Waals surface area contributed by atoms with Gasteiger partial charge in [0.1, 0.15) is 6.04 Å². The topological polar surface area (TPSA) is 105 Å². The fraction of sp³-hybridized carbons (Fsp3) is 0.481. The monoisotopic (exact) mass is 531 g/mol. The van der Waals surface area contributed by atoms with Crippen molar-refractivity contribution < 1.29 is 27.5 Å². The number of hydrogen-bond donors (Lipinski definition) is 1. The number of fused-ring (bicyclic) bond motifs is 1. The van der Waals surface area contributed by atoms with Gasteiger partial charge >= 0.3 is 0 Å². The molecule has 1 aliphatic heterocycles. The Balaban J connectivity index is 1.72. The summed E-state index contributed by atoms with van der Waals surface area (Å²) in [5.74, 6) is 0.681. The molecule has 1 N–H and O–H groups in total. The highest BCUT2D eigenvalue weighted by Gasteiger charge is 2.29. The van der Waals surface area contributed by atoms with Crippen molar-refractivity contribution in [2.45, 2.75) is 58.5 Å². The van der Waals surface area contributed by atoms with Gasteiger partial charge in [-0.05, 0) is 50.8 Å². The average molecular weight is 532 g/mol. The molecule has 1 heterocycles. The molecule has 0 saturated carbocycles. The Morgan fingerprint density at radius 3 is 2.38 bits per heavy atom. The highest BCUT2D eigenvalue weighted by atomic mass is 32.2. The summed E-state index contributed by atoms with van der Waals surface area (Å²) < 4.78 is 37.1. The number of carbonyl (C=O) groups excluding carboxylic acids is 2. The van der Waals surface area contributed by atoms with Crippen LogP contribution < -0.4 is 19.1 Å². The molecular weight excluding hydrogens is 494 g/mol. The molecule has 0 saturated heterocycles. The summed E-state index contributed by atoms with van der Waals surface area (Å²) in [5, 5.41) is 2.92. The lowest BCUT2D eigenvalue weighted by atomic mass is 10.1. The van der Waals surface area contributed by atoms with Gasteiger partial charge in [0.25, 0.3) is 0 Å².